The molecule has 1 aromatic heterocycles. The Bertz CT molecular complexity index is 663. The van der Waals surface area contributed by atoms with Crippen molar-refractivity contribution in [1.82, 2.24) is 9.88 Å². The monoisotopic (exact) mass is 333 g/mol. The third-order valence-corrected chi connectivity index (χ3v) is 5.12. The number of hydrogen-bond acceptors (Lipinski definition) is 4. The fourth-order valence-electron chi connectivity index (χ4n) is 3.15. The Morgan fingerprint density at radius 3 is 2.91 bits per heavy atom. The Hall–Kier alpha value is -1.74. The molecule has 0 radical (unpaired) electrons. The standard InChI is InChI=1S/C17H23N3O2S/c1-3-5-12-6-4-8-20(9-7-12)17(22)14-10-13(11-18)16(23-2)19-15(14)21/h10,12H,3-9H2,1-2H3,(H,19,21). The normalized spacial score (nSPS) is 18.3. The van der Waals surface area contributed by atoms with Crippen molar-refractivity contribution in [1.29, 1.82) is 5.26 Å². The lowest BCUT2D eigenvalue weighted by molar-refractivity contribution is 0.0758. The van der Waals surface area contributed by atoms with Crippen LogP contribution in [0.2, 0.25) is 0 Å². The largest absolute Gasteiger partial charge is 0.338 e. The summed E-state index contributed by atoms with van der Waals surface area (Å²) in [6.45, 7) is 3.56. The van der Waals surface area contributed by atoms with E-state index in [0.29, 0.717) is 29.6 Å². The summed E-state index contributed by atoms with van der Waals surface area (Å²) in [6, 6.07) is 3.48. The van der Waals surface area contributed by atoms with Gasteiger partial charge in [0.1, 0.15) is 11.6 Å². The van der Waals surface area contributed by atoms with Gasteiger partial charge < -0.3 is 9.88 Å². The molecule has 1 aliphatic rings. The van der Waals surface area contributed by atoms with E-state index in [1.54, 1.807) is 11.2 Å². The Balaban J connectivity index is 2.20. The van der Waals surface area contributed by atoms with Gasteiger partial charge in [0.25, 0.3) is 11.5 Å². The number of nitrogens with one attached hydrogen (secondary N) is 1. The van der Waals surface area contributed by atoms with Crippen molar-refractivity contribution >= 4 is 17.7 Å². The molecule has 1 aliphatic heterocycles. The predicted octanol–water partition coefficient (Wildman–Crippen LogP) is 3.01. The van der Waals surface area contributed by atoms with Crippen molar-refractivity contribution in [2.45, 2.75) is 44.1 Å². The molecule has 0 spiro atoms. The second-order valence-corrected chi connectivity index (χ2v) is 6.77. The quantitative estimate of drug-likeness (QED) is 0.859. The highest BCUT2D eigenvalue weighted by Gasteiger charge is 2.24. The molecule has 0 bridgehead atoms. The van der Waals surface area contributed by atoms with E-state index >= 15 is 0 Å². The van der Waals surface area contributed by atoms with Gasteiger partial charge in [0.2, 0.25) is 0 Å². The molecule has 2 rings (SSSR count). The van der Waals surface area contributed by atoms with Crippen LogP contribution >= 0.6 is 11.8 Å². The van der Waals surface area contributed by atoms with E-state index in [1.165, 1.54) is 30.7 Å². The van der Waals surface area contributed by atoms with E-state index < -0.39 is 5.56 Å². The van der Waals surface area contributed by atoms with Crippen molar-refractivity contribution < 1.29 is 4.79 Å². The molecule has 5 nitrogen and oxygen atoms in total. The van der Waals surface area contributed by atoms with Gasteiger partial charge in [0.05, 0.1) is 10.6 Å². The summed E-state index contributed by atoms with van der Waals surface area (Å²) in [5.41, 5.74) is 0.0140. The Morgan fingerprint density at radius 1 is 1.48 bits per heavy atom. The number of thioether (sulfide) groups is 1. The van der Waals surface area contributed by atoms with E-state index in [-0.39, 0.29) is 11.5 Å². The molecule has 23 heavy (non-hydrogen) atoms. The first kappa shape index (κ1) is 17.6. The van der Waals surface area contributed by atoms with E-state index in [1.807, 2.05) is 6.07 Å². The fourth-order valence-corrected chi connectivity index (χ4v) is 3.67. The second-order valence-electron chi connectivity index (χ2n) is 5.95. The number of nitriles is 1. The molecular weight excluding hydrogens is 310 g/mol. The number of pyridine rings is 1. The molecular formula is C17H23N3O2S. The summed E-state index contributed by atoms with van der Waals surface area (Å²) < 4.78 is 0. The minimum atomic E-state index is -0.410. The number of H-pyrrole nitrogens is 1. The van der Waals surface area contributed by atoms with Gasteiger partial charge in [0.15, 0.2) is 0 Å². The van der Waals surface area contributed by atoms with Gasteiger partial charge in [-0.25, -0.2) is 0 Å². The van der Waals surface area contributed by atoms with Crippen molar-refractivity contribution in [2.75, 3.05) is 19.3 Å². The molecule has 0 aliphatic carbocycles. The molecule has 1 aromatic rings. The van der Waals surface area contributed by atoms with Crippen molar-refractivity contribution in [3.63, 3.8) is 0 Å². The van der Waals surface area contributed by atoms with Crippen LogP contribution in [0.4, 0.5) is 0 Å². The first-order valence-corrected chi connectivity index (χ1v) is 9.33. The van der Waals surface area contributed by atoms with Gasteiger partial charge >= 0.3 is 0 Å². The number of nitrogens with zero attached hydrogens (tertiary/aromatic N) is 2. The summed E-state index contributed by atoms with van der Waals surface area (Å²) in [5.74, 6) is 0.414. The maximum atomic E-state index is 12.7. The second kappa shape index (κ2) is 8.21. The molecule has 1 fully saturated rings. The zero-order valence-electron chi connectivity index (χ0n) is 13.7. The average Bonchev–Trinajstić information content (AvgIpc) is 2.80. The van der Waals surface area contributed by atoms with Crippen LogP contribution < -0.4 is 5.56 Å². The number of carbonyl (C=O) groups is 1. The third-order valence-electron chi connectivity index (χ3n) is 4.39. The molecule has 0 aromatic carbocycles. The zero-order chi connectivity index (χ0) is 16.8. The van der Waals surface area contributed by atoms with Gasteiger partial charge in [-0.3, -0.25) is 9.59 Å². The van der Waals surface area contributed by atoms with Crippen LogP contribution in [-0.2, 0) is 0 Å². The zero-order valence-corrected chi connectivity index (χ0v) is 14.5. The SMILES string of the molecule is CCCC1CCCN(C(=O)c2cc(C#N)c(SC)[nH]c2=O)CC1. The van der Waals surface area contributed by atoms with Crippen LogP contribution in [0.1, 0.15) is 54.9 Å². The highest BCUT2D eigenvalue weighted by molar-refractivity contribution is 7.98. The number of hydrogen-bond donors (Lipinski definition) is 1. The van der Waals surface area contributed by atoms with E-state index in [2.05, 4.69) is 11.9 Å². The maximum absolute atomic E-state index is 12.7. The first-order chi connectivity index (χ1) is 11.1. The van der Waals surface area contributed by atoms with Crippen LogP contribution in [-0.4, -0.2) is 35.1 Å². The number of amides is 1. The molecule has 6 heteroatoms. The minimum absolute atomic E-state index is 0.0771. The number of rotatable bonds is 4. The average molecular weight is 333 g/mol. The lowest BCUT2D eigenvalue weighted by Crippen LogP contribution is -2.35. The summed E-state index contributed by atoms with van der Waals surface area (Å²) in [4.78, 5) is 29.3. The third kappa shape index (κ3) is 4.17. The lowest BCUT2D eigenvalue weighted by Gasteiger charge is -2.20. The van der Waals surface area contributed by atoms with Crippen molar-refractivity contribution in [3.8, 4) is 6.07 Å². The van der Waals surface area contributed by atoms with Crippen LogP contribution in [0.5, 0.6) is 0 Å². The maximum Gasteiger partial charge on any atom is 0.261 e. The smallest absolute Gasteiger partial charge is 0.261 e. The summed E-state index contributed by atoms with van der Waals surface area (Å²) in [6.07, 6.45) is 7.26. The predicted molar refractivity (Wildman–Crippen MR) is 91.7 cm³/mol. The van der Waals surface area contributed by atoms with Gasteiger partial charge in [-0.1, -0.05) is 19.8 Å². The van der Waals surface area contributed by atoms with Crippen molar-refractivity contribution in [2.24, 2.45) is 5.92 Å². The van der Waals surface area contributed by atoms with Gasteiger partial charge in [-0.2, -0.15) is 5.26 Å². The fraction of sp³-hybridized carbons (Fsp3) is 0.588. The highest BCUT2D eigenvalue weighted by atomic mass is 32.2. The Morgan fingerprint density at radius 2 is 2.26 bits per heavy atom. The summed E-state index contributed by atoms with van der Waals surface area (Å²) in [5, 5.41) is 9.69. The minimum Gasteiger partial charge on any atom is -0.338 e. The van der Waals surface area contributed by atoms with Crippen LogP contribution in [0, 0.1) is 17.2 Å². The molecule has 1 unspecified atom stereocenters. The molecule has 124 valence electrons. The van der Waals surface area contributed by atoms with Gasteiger partial charge in [-0.15, -0.1) is 11.8 Å². The first-order valence-electron chi connectivity index (χ1n) is 8.11. The number of aromatic amines is 1. The molecule has 1 N–H and O–H groups in total. The molecule has 1 saturated heterocycles. The summed E-state index contributed by atoms with van der Waals surface area (Å²) >= 11 is 1.30. The molecule has 1 atom stereocenters. The van der Waals surface area contributed by atoms with Gasteiger partial charge in [-0.05, 0) is 37.5 Å². The Kier molecular flexibility index (Phi) is 6.28. The van der Waals surface area contributed by atoms with E-state index in [4.69, 9.17) is 0 Å². The molecule has 2 heterocycles. The topological polar surface area (TPSA) is 77.0 Å². The van der Waals surface area contributed by atoms with Gasteiger partial charge in [0, 0.05) is 13.1 Å². The lowest BCUT2D eigenvalue weighted by atomic mass is 9.96. The van der Waals surface area contributed by atoms with E-state index in [9.17, 15) is 14.9 Å². The number of carbonyl (C=O) groups excluding carboxylic acids is 1. The van der Waals surface area contributed by atoms with Crippen LogP contribution in [0.25, 0.3) is 0 Å². The van der Waals surface area contributed by atoms with Crippen molar-refractivity contribution in [3.05, 3.63) is 27.5 Å². The number of aromatic nitrogens is 1. The number of likely N-dealkylation sites (tertiary alicyclic amines) is 1. The van der Waals surface area contributed by atoms with E-state index in [0.717, 1.165) is 19.3 Å². The molecule has 1 amide bonds. The van der Waals surface area contributed by atoms with Crippen LogP contribution in [0.3, 0.4) is 0 Å². The molecule has 0 saturated carbocycles. The Labute approximate surface area is 141 Å². The highest BCUT2D eigenvalue weighted by Crippen LogP contribution is 2.23. The van der Waals surface area contributed by atoms with Crippen LogP contribution in [0.15, 0.2) is 15.9 Å². The summed E-state index contributed by atoms with van der Waals surface area (Å²) in [7, 11) is 0.